The third-order valence-electron chi connectivity index (χ3n) is 9.95. The fraction of sp³-hybridized carbons (Fsp3) is 0.447. The van der Waals surface area contributed by atoms with E-state index in [1.54, 1.807) is 18.2 Å². The molecule has 10 nitrogen and oxygen atoms in total. The minimum atomic E-state index is -0.240. The Kier molecular flexibility index (Phi) is 10.2. The molecule has 1 amide bonds. The molecule has 1 aromatic heterocycles. The Balaban J connectivity index is 1.12. The number of anilines is 5. The van der Waals surface area contributed by atoms with Crippen molar-refractivity contribution in [3.05, 3.63) is 78.7 Å². The first kappa shape index (κ1) is 33.3. The number of hydrogen-bond acceptors (Lipinski definition) is 9. The molecule has 0 spiro atoms. The molecule has 2 aromatic carbocycles. The molecule has 10 heteroatoms. The molecule has 2 heterocycles. The van der Waals surface area contributed by atoms with Crippen LogP contribution in [0.15, 0.2) is 67.6 Å². The van der Waals surface area contributed by atoms with Crippen LogP contribution in [-0.4, -0.2) is 54.3 Å². The normalized spacial score (nSPS) is 18.8. The second-order valence-electron chi connectivity index (χ2n) is 13.2. The summed E-state index contributed by atoms with van der Waals surface area (Å²) in [5.41, 5.74) is 11.5. The minimum Gasteiger partial charge on any atom is -0.495 e. The van der Waals surface area contributed by atoms with Crippen molar-refractivity contribution < 1.29 is 14.3 Å². The average Bonchev–Trinajstić information content (AvgIpc) is 3.82. The highest BCUT2D eigenvalue weighted by Crippen LogP contribution is 2.40. The minimum absolute atomic E-state index is 0.0959. The fourth-order valence-electron chi connectivity index (χ4n) is 7.19. The molecule has 0 radical (unpaired) electrons. The first-order chi connectivity index (χ1) is 23.2. The number of nitrogens with one attached hydrogen (secondary N) is 2. The van der Waals surface area contributed by atoms with E-state index in [-0.39, 0.29) is 24.1 Å². The van der Waals surface area contributed by atoms with Gasteiger partial charge >= 0.3 is 0 Å². The fourth-order valence-corrected chi connectivity index (χ4v) is 7.19. The van der Waals surface area contributed by atoms with E-state index in [1.807, 2.05) is 37.4 Å². The number of nitrogens with zero attached hydrogens (tertiary/aromatic N) is 4. The van der Waals surface area contributed by atoms with Crippen LogP contribution in [0.5, 0.6) is 5.75 Å². The van der Waals surface area contributed by atoms with Gasteiger partial charge in [0.05, 0.1) is 31.1 Å². The number of likely N-dealkylation sites (N-methyl/N-ethyl adjacent to an activating group) is 1. The molecule has 3 aromatic rings. The molecule has 1 aliphatic heterocycles. The number of carbonyl (C=O) groups is 1. The number of methoxy groups -OCH3 is 1. The summed E-state index contributed by atoms with van der Waals surface area (Å²) in [5, 5.41) is 6.76. The van der Waals surface area contributed by atoms with E-state index in [1.165, 1.54) is 25.7 Å². The lowest BCUT2D eigenvalue weighted by Crippen LogP contribution is -2.55. The lowest BCUT2D eigenvalue weighted by molar-refractivity contribution is -0.120. The topological polar surface area (TPSA) is 118 Å². The number of hydrogen-bond donors (Lipinski definition) is 3. The van der Waals surface area contributed by atoms with Gasteiger partial charge in [-0.1, -0.05) is 51.1 Å². The summed E-state index contributed by atoms with van der Waals surface area (Å²) in [7, 11) is 3.45. The van der Waals surface area contributed by atoms with Crippen molar-refractivity contribution >= 4 is 40.4 Å². The number of amides is 1. The molecule has 2 fully saturated rings. The van der Waals surface area contributed by atoms with Crippen LogP contribution in [0, 0.1) is 0 Å². The maximum atomic E-state index is 13.2. The number of aromatic nitrogens is 2. The Bertz CT molecular complexity index is 1630. The molecule has 2 atom stereocenters. The largest absolute Gasteiger partial charge is 0.495 e. The summed E-state index contributed by atoms with van der Waals surface area (Å²) < 4.78 is 11.8. The van der Waals surface area contributed by atoms with Crippen LogP contribution in [-0.2, 0) is 16.0 Å². The van der Waals surface area contributed by atoms with Gasteiger partial charge in [0.25, 0.3) is 0 Å². The van der Waals surface area contributed by atoms with Gasteiger partial charge in [-0.15, -0.1) is 0 Å². The number of ether oxygens (including phenoxy) is 2. The summed E-state index contributed by atoms with van der Waals surface area (Å²) in [6.45, 7) is 10.4. The lowest BCUT2D eigenvalue weighted by atomic mass is 10.0. The van der Waals surface area contributed by atoms with E-state index >= 15 is 0 Å². The van der Waals surface area contributed by atoms with Crippen molar-refractivity contribution in [1.29, 1.82) is 0 Å². The zero-order valence-electron chi connectivity index (χ0n) is 28.5. The molecule has 3 aliphatic rings. The van der Waals surface area contributed by atoms with Crippen LogP contribution in [0.3, 0.4) is 0 Å². The molecule has 254 valence electrons. The number of carbonyl (C=O) groups excluding carboxylic acids is 1. The van der Waals surface area contributed by atoms with Crippen molar-refractivity contribution in [2.24, 2.45) is 5.73 Å². The highest BCUT2D eigenvalue weighted by molar-refractivity contribution is 6.04. The average molecular weight is 652 g/mol. The van der Waals surface area contributed by atoms with Crippen LogP contribution in [0.1, 0.15) is 75.8 Å². The number of benzene rings is 2. The molecular formula is C38H49N7O3. The zero-order valence-corrected chi connectivity index (χ0v) is 28.5. The molecule has 6 rings (SSSR count). The van der Waals surface area contributed by atoms with E-state index in [2.05, 4.69) is 52.7 Å². The van der Waals surface area contributed by atoms with Crippen molar-refractivity contribution in [2.45, 2.75) is 95.4 Å². The first-order valence-corrected chi connectivity index (χ1v) is 17.3. The second kappa shape index (κ2) is 14.7. The highest BCUT2D eigenvalue weighted by Gasteiger charge is 2.41. The van der Waals surface area contributed by atoms with Gasteiger partial charge in [0.1, 0.15) is 23.2 Å². The predicted molar refractivity (Wildman–Crippen MR) is 194 cm³/mol. The summed E-state index contributed by atoms with van der Waals surface area (Å²) in [4.78, 5) is 26.7. The molecule has 4 N–H and O–H groups in total. The molecule has 48 heavy (non-hydrogen) atoms. The Morgan fingerprint density at radius 3 is 2.46 bits per heavy atom. The highest BCUT2D eigenvalue weighted by atomic mass is 16.5. The summed E-state index contributed by atoms with van der Waals surface area (Å²) in [6.07, 6.45) is 12.5. The van der Waals surface area contributed by atoms with Gasteiger partial charge in [-0.25, -0.2) is 4.98 Å². The van der Waals surface area contributed by atoms with E-state index in [4.69, 9.17) is 20.2 Å². The van der Waals surface area contributed by atoms with Gasteiger partial charge in [-0.3, -0.25) is 4.79 Å². The summed E-state index contributed by atoms with van der Waals surface area (Å²) >= 11 is 0. The number of rotatable bonds is 13. The van der Waals surface area contributed by atoms with Crippen LogP contribution in [0.2, 0.25) is 0 Å². The van der Waals surface area contributed by atoms with E-state index in [0.717, 1.165) is 71.8 Å². The van der Waals surface area contributed by atoms with Crippen molar-refractivity contribution in [3.8, 4) is 5.75 Å². The zero-order chi connectivity index (χ0) is 33.8. The van der Waals surface area contributed by atoms with E-state index < -0.39 is 0 Å². The Morgan fingerprint density at radius 2 is 1.77 bits per heavy atom. The number of fused-ring (bicyclic) bond motifs is 1. The summed E-state index contributed by atoms with van der Waals surface area (Å²) in [6, 6.07) is 13.9. The third-order valence-corrected chi connectivity index (χ3v) is 9.95. The van der Waals surface area contributed by atoms with Crippen LogP contribution >= 0.6 is 0 Å². The van der Waals surface area contributed by atoms with Gasteiger partial charge in [0.15, 0.2) is 5.82 Å². The maximum absolute atomic E-state index is 13.2. The van der Waals surface area contributed by atoms with Gasteiger partial charge in [0, 0.05) is 30.0 Å². The Labute approximate surface area is 284 Å². The second-order valence-corrected chi connectivity index (χ2v) is 13.2. The quantitative estimate of drug-likeness (QED) is 0.166. The van der Waals surface area contributed by atoms with Crippen LogP contribution < -0.4 is 30.9 Å². The Morgan fingerprint density at radius 1 is 1.06 bits per heavy atom. The van der Waals surface area contributed by atoms with Gasteiger partial charge in [0.2, 0.25) is 11.9 Å². The Hall–Kier alpha value is -4.57. The predicted octanol–water partition coefficient (Wildman–Crippen LogP) is 7.16. The lowest BCUT2D eigenvalue weighted by Gasteiger charge is -2.43. The number of nitrogens with two attached hydrogens (primary N) is 1. The molecule has 0 saturated heterocycles. The molecule has 1 unspecified atom stereocenters. The molecular weight excluding hydrogens is 602 g/mol. The van der Waals surface area contributed by atoms with Crippen LogP contribution in [0.4, 0.5) is 28.8 Å². The van der Waals surface area contributed by atoms with Crippen molar-refractivity contribution in [2.75, 3.05) is 34.6 Å². The molecule has 2 aliphatic carbocycles. The van der Waals surface area contributed by atoms with Crippen molar-refractivity contribution in [1.82, 2.24) is 9.97 Å². The maximum Gasteiger partial charge on any atom is 0.249 e. The van der Waals surface area contributed by atoms with Gasteiger partial charge in [-0.2, -0.15) is 4.98 Å². The molecule has 2 saturated carbocycles. The smallest absolute Gasteiger partial charge is 0.249 e. The van der Waals surface area contributed by atoms with Gasteiger partial charge < -0.3 is 35.6 Å². The monoisotopic (exact) mass is 651 g/mol. The van der Waals surface area contributed by atoms with E-state index in [9.17, 15) is 4.79 Å². The summed E-state index contributed by atoms with van der Waals surface area (Å²) in [5.74, 6) is 2.65. The SMILES string of the molecule is C=C(Nc1ccc(C[C@H](N)C(=C)OC2CCCC2)cc1)c1ccc(Nc2ncc3c(n2)N(C2CCCC2)C(CC)C(=O)N3C)c(OC)c1. The van der Waals surface area contributed by atoms with Crippen molar-refractivity contribution in [3.63, 3.8) is 0 Å². The van der Waals surface area contributed by atoms with Crippen LogP contribution in [0.25, 0.3) is 5.70 Å². The van der Waals surface area contributed by atoms with E-state index in [0.29, 0.717) is 29.9 Å². The molecule has 0 bridgehead atoms. The van der Waals surface area contributed by atoms with Gasteiger partial charge in [-0.05, 0) is 81.2 Å². The third kappa shape index (κ3) is 7.13. The first-order valence-electron chi connectivity index (χ1n) is 17.3. The standard InChI is InChI=1S/C38H49N7O3/c1-6-33-37(46)44(4)34-23-40-38(43-36(34)45(33)29-11-7-8-12-29)42-32-20-17-27(22-35(32)47-5)24(2)41-28-18-15-26(16-19-28)21-31(39)25(3)48-30-13-9-10-14-30/h15-20,22-23,29-31,33,41H,2-3,6-14,21,39H2,1,4-5H3,(H,40,42,43)/t31-,33?/m0/s1.